The van der Waals surface area contributed by atoms with Gasteiger partial charge in [0.1, 0.15) is 5.56 Å². The number of nitrogens with one attached hydrogen (secondary N) is 2. The molecule has 2 N–H and O–H groups in total. The second kappa shape index (κ2) is 4.96. The Morgan fingerprint density at radius 1 is 1.73 bits per heavy atom. The standard InChI is InChI=1S/C10H11N3O2/c1-7(4-11)5-13-10(15)8-6-12-3-2-9(8)14/h2-3,6-7H,5H2,1H3,(H,12,14)(H,13,15). The maximum Gasteiger partial charge on any atom is 0.256 e. The highest BCUT2D eigenvalue weighted by Gasteiger charge is 2.09. The summed E-state index contributed by atoms with van der Waals surface area (Å²) in [4.78, 5) is 25.3. The van der Waals surface area contributed by atoms with Crippen LogP contribution in [0.2, 0.25) is 0 Å². The van der Waals surface area contributed by atoms with E-state index in [9.17, 15) is 9.59 Å². The van der Waals surface area contributed by atoms with Gasteiger partial charge in [-0.2, -0.15) is 5.26 Å². The zero-order valence-electron chi connectivity index (χ0n) is 8.28. The van der Waals surface area contributed by atoms with Crippen LogP contribution in [-0.2, 0) is 0 Å². The van der Waals surface area contributed by atoms with E-state index in [-0.39, 0.29) is 23.5 Å². The van der Waals surface area contributed by atoms with Crippen LogP contribution in [0.15, 0.2) is 23.3 Å². The topological polar surface area (TPSA) is 85.8 Å². The van der Waals surface area contributed by atoms with Gasteiger partial charge in [0, 0.05) is 25.0 Å². The van der Waals surface area contributed by atoms with Gasteiger partial charge in [0.15, 0.2) is 5.43 Å². The lowest BCUT2D eigenvalue weighted by Crippen LogP contribution is -2.31. The van der Waals surface area contributed by atoms with Crippen molar-refractivity contribution in [1.82, 2.24) is 10.3 Å². The fourth-order valence-electron chi connectivity index (χ4n) is 0.980. The summed E-state index contributed by atoms with van der Waals surface area (Å²) >= 11 is 0. The van der Waals surface area contributed by atoms with Gasteiger partial charge in [-0.25, -0.2) is 0 Å². The molecule has 1 aromatic rings. The normalized spacial score (nSPS) is 11.5. The Kier molecular flexibility index (Phi) is 3.63. The molecule has 78 valence electrons. The van der Waals surface area contributed by atoms with Gasteiger partial charge in [-0.15, -0.1) is 0 Å². The van der Waals surface area contributed by atoms with Crippen LogP contribution in [0.1, 0.15) is 17.3 Å². The highest BCUT2D eigenvalue weighted by Crippen LogP contribution is 1.91. The van der Waals surface area contributed by atoms with Crippen molar-refractivity contribution in [2.45, 2.75) is 6.92 Å². The minimum atomic E-state index is -0.459. The Labute approximate surface area is 86.7 Å². The third-order valence-electron chi connectivity index (χ3n) is 1.86. The fraction of sp³-hybridized carbons (Fsp3) is 0.300. The van der Waals surface area contributed by atoms with E-state index in [0.717, 1.165) is 0 Å². The third-order valence-corrected chi connectivity index (χ3v) is 1.86. The van der Waals surface area contributed by atoms with Crippen LogP contribution in [-0.4, -0.2) is 17.4 Å². The Morgan fingerprint density at radius 2 is 2.47 bits per heavy atom. The summed E-state index contributed by atoms with van der Waals surface area (Å²) in [6.45, 7) is 1.93. The first-order valence-corrected chi connectivity index (χ1v) is 4.50. The molecule has 1 atom stereocenters. The number of pyridine rings is 1. The summed E-state index contributed by atoms with van der Waals surface area (Å²) in [5.74, 6) is -0.726. The lowest BCUT2D eigenvalue weighted by atomic mass is 10.2. The number of amides is 1. The molecule has 0 saturated heterocycles. The first kappa shape index (κ1) is 11.0. The number of rotatable bonds is 3. The largest absolute Gasteiger partial charge is 0.367 e. The lowest BCUT2D eigenvalue weighted by Gasteiger charge is -2.04. The van der Waals surface area contributed by atoms with E-state index in [1.165, 1.54) is 18.5 Å². The molecule has 1 rings (SSSR count). The fourth-order valence-corrected chi connectivity index (χ4v) is 0.980. The number of aromatic amines is 1. The molecule has 0 aromatic carbocycles. The molecule has 0 aliphatic rings. The van der Waals surface area contributed by atoms with Crippen molar-refractivity contribution < 1.29 is 4.79 Å². The number of nitrogens with zero attached hydrogens (tertiary/aromatic N) is 1. The summed E-state index contributed by atoms with van der Waals surface area (Å²) in [5, 5.41) is 11.0. The van der Waals surface area contributed by atoms with Gasteiger partial charge in [-0.3, -0.25) is 9.59 Å². The van der Waals surface area contributed by atoms with Crippen molar-refractivity contribution in [3.8, 4) is 6.07 Å². The van der Waals surface area contributed by atoms with Crippen LogP contribution < -0.4 is 10.7 Å². The van der Waals surface area contributed by atoms with Crippen LogP contribution >= 0.6 is 0 Å². The van der Waals surface area contributed by atoms with E-state index in [2.05, 4.69) is 10.3 Å². The average molecular weight is 205 g/mol. The van der Waals surface area contributed by atoms with Crippen molar-refractivity contribution in [2.75, 3.05) is 6.54 Å². The molecule has 0 saturated carbocycles. The molecule has 0 spiro atoms. The summed E-state index contributed by atoms with van der Waals surface area (Å²) in [6, 6.07) is 3.27. The Hall–Kier alpha value is -2.09. The second-order valence-corrected chi connectivity index (χ2v) is 3.16. The smallest absolute Gasteiger partial charge is 0.256 e. The van der Waals surface area contributed by atoms with Crippen molar-refractivity contribution in [3.63, 3.8) is 0 Å². The molecule has 15 heavy (non-hydrogen) atoms. The number of carbonyl (C=O) groups is 1. The van der Waals surface area contributed by atoms with E-state index >= 15 is 0 Å². The quantitative estimate of drug-likeness (QED) is 0.742. The van der Waals surface area contributed by atoms with Crippen LogP contribution in [0.3, 0.4) is 0 Å². The Bertz CT molecular complexity index is 444. The number of hydrogen-bond donors (Lipinski definition) is 2. The average Bonchev–Trinajstić information content (AvgIpc) is 2.26. The van der Waals surface area contributed by atoms with E-state index in [4.69, 9.17) is 5.26 Å². The zero-order valence-corrected chi connectivity index (χ0v) is 8.28. The van der Waals surface area contributed by atoms with E-state index in [1.807, 2.05) is 6.07 Å². The van der Waals surface area contributed by atoms with Gasteiger partial charge in [-0.1, -0.05) is 0 Å². The second-order valence-electron chi connectivity index (χ2n) is 3.16. The number of nitriles is 1. The first-order chi connectivity index (χ1) is 7.15. The SMILES string of the molecule is CC(C#N)CNC(=O)c1c[nH]ccc1=O. The van der Waals surface area contributed by atoms with Gasteiger partial charge in [0.25, 0.3) is 5.91 Å². The summed E-state index contributed by atoms with van der Waals surface area (Å²) in [7, 11) is 0. The van der Waals surface area contributed by atoms with E-state index in [1.54, 1.807) is 6.92 Å². The lowest BCUT2D eigenvalue weighted by molar-refractivity contribution is 0.0949. The van der Waals surface area contributed by atoms with Crippen LogP contribution in [0.4, 0.5) is 0 Å². The van der Waals surface area contributed by atoms with Gasteiger partial charge >= 0.3 is 0 Å². The van der Waals surface area contributed by atoms with Crippen LogP contribution in [0, 0.1) is 17.2 Å². The van der Waals surface area contributed by atoms with Crippen molar-refractivity contribution in [3.05, 3.63) is 34.2 Å². The van der Waals surface area contributed by atoms with Crippen molar-refractivity contribution in [2.24, 2.45) is 5.92 Å². The van der Waals surface area contributed by atoms with Gasteiger partial charge in [-0.05, 0) is 6.92 Å². The van der Waals surface area contributed by atoms with Crippen molar-refractivity contribution in [1.29, 1.82) is 5.26 Å². The summed E-state index contributed by atoms with van der Waals surface area (Å²) in [5.41, 5.74) is -0.279. The maximum atomic E-state index is 11.4. The highest BCUT2D eigenvalue weighted by molar-refractivity contribution is 5.93. The predicted molar refractivity (Wildman–Crippen MR) is 54.2 cm³/mol. The summed E-state index contributed by atoms with van der Waals surface area (Å²) < 4.78 is 0. The molecule has 1 aromatic heterocycles. The third kappa shape index (κ3) is 2.95. The maximum absolute atomic E-state index is 11.4. The first-order valence-electron chi connectivity index (χ1n) is 4.50. The zero-order chi connectivity index (χ0) is 11.3. The molecule has 5 heteroatoms. The monoisotopic (exact) mass is 205 g/mol. The van der Waals surface area contributed by atoms with Gasteiger partial charge in [0.2, 0.25) is 0 Å². The minimum absolute atomic E-state index is 0.0580. The van der Waals surface area contributed by atoms with E-state index < -0.39 is 5.91 Å². The van der Waals surface area contributed by atoms with Gasteiger partial charge < -0.3 is 10.3 Å². The molecule has 1 unspecified atom stereocenters. The van der Waals surface area contributed by atoms with Gasteiger partial charge in [0.05, 0.1) is 12.0 Å². The van der Waals surface area contributed by atoms with Crippen LogP contribution in [0.25, 0.3) is 0 Å². The highest BCUT2D eigenvalue weighted by atomic mass is 16.2. The number of H-pyrrole nitrogens is 1. The predicted octanol–water partition coefficient (Wildman–Crippen LogP) is 0.264. The molecule has 1 amide bonds. The van der Waals surface area contributed by atoms with Crippen molar-refractivity contribution >= 4 is 5.91 Å². The number of aromatic nitrogens is 1. The Morgan fingerprint density at radius 3 is 3.07 bits per heavy atom. The van der Waals surface area contributed by atoms with Crippen LogP contribution in [0.5, 0.6) is 0 Å². The molecule has 0 aliphatic heterocycles. The molecule has 1 heterocycles. The molecular formula is C10H11N3O2. The summed E-state index contributed by atoms with van der Waals surface area (Å²) in [6.07, 6.45) is 2.80. The Balaban J connectivity index is 2.67. The molecule has 0 fully saturated rings. The molecule has 0 radical (unpaired) electrons. The molecule has 5 nitrogen and oxygen atoms in total. The molecule has 0 aliphatic carbocycles. The molecule has 0 bridgehead atoms. The minimum Gasteiger partial charge on any atom is -0.367 e. The molecular weight excluding hydrogens is 194 g/mol. The number of hydrogen-bond acceptors (Lipinski definition) is 3. The van der Waals surface area contributed by atoms with E-state index in [0.29, 0.717) is 0 Å². The number of carbonyl (C=O) groups excluding carboxylic acids is 1.